The number of ether oxygens (including phenoxy) is 1. The molecule has 0 heterocycles. The molecule has 0 saturated heterocycles. The molecular weight excluding hydrogens is 198 g/mol. The van der Waals surface area contributed by atoms with Gasteiger partial charge in [-0.1, -0.05) is 30.3 Å². The van der Waals surface area contributed by atoms with E-state index in [-0.39, 0.29) is 0 Å². The predicted octanol–water partition coefficient (Wildman–Crippen LogP) is 2.76. The largest absolute Gasteiger partial charge is 0.385 e. The molecule has 0 saturated carbocycles. The van der Waals surface area contributed by atoms with Gasteiger partial charge in [-0.3, -0.25) is 0 Å². The molecule has 16 heavy (non-hydrogen) atoms. The summed E-state index contributed by atoms with van der Waals surface area (Å²) >= 11 is 0. The highest BCUT2D eigenvalue weighted by atomic mass is 16.5. The van der Waals surface area contributed by atoms with Crippen molar-refractivity contribution in [3.8, 4) is 0 Å². The van der Waals surface area contributed by atoms with Gasteiger partial charge in [0.1, 0.15) is 0 Å². The summed E-state index contributed by atoms with van der Waals surface area (Å²) in [6, 6.07) is 10.9. The Kier molecular flexibility index (Phi) is 6.86. The number of benzene rings is 1. The van der Waals surface area contributed by atoms with Crippen molar-refractivity contribution in [1.29, 1.82) is 0 Å². The van der Waals surface area contributed by atoms with E-state index in [1.165, 1.54) is 12.0 Å². The van der Waals surface area contributed by atoms with Crippen LogP contribution in [0.4, 0.5) is 0 Å². The Morgan fingerprint density at radius 3 is 2.50 bits per heavy atom. The van der Waals surface area contributed by atoms with Crippen LogP contribution in [0.3, 0.4) is 0 Å². The molecule has 1 aromatic carbocycles. The zero-order chi connectivity index (χ0) is 11.6. The van der Waals surface area contributed by atoms with E-state index in [2.05, 4.69) is 30.3 Å². The van der Waals surface area contributed by atoms with E-state index < -0.39 is 0 Å². The molecule has 0 aliphatic heterocycles. The van der Waals surface area contributed by atoms with Crippen LogP contribution >= 0.6 is 0 Å². The molecule has 0 aliphatic rings. The smallest absolute Gasteiger partial charge is 0.0462 e. The number of hydrogen-bond donors (Lipinski definition) is 1. The molecule has 1 aromatic rings. The zero-order valence-electron chi connectivity index (χ0n) is 10.2. The van der Waals surface area contributed by atoms with Gasteiger partial charge in [0.25, 0.3) is 0 Å². The van der Waals surface area contributed by atoms with Crippen molar-refractivity contribution >= 4 is 0 Å². The summed E-state index contributed by atoms with van der Waals surface area (Å²) in [5.74, 6) is 0. The van der Waals surface area contributed by atoms with Crippen LogP contribution in [-0.2, 0) is 11.2 Å². The van der Waals surface area contributed by atoms with Crippen molar-refractivity contribution in [2.24, 2.45) is 5.73 Å². The average molecular weight is 221 g/mol. The van der Waals surface area contributed by atoms with Crippen molar-refractivity contribution in [1.82, 2.24) is 0 Å². The van der Waals surface area contributed by atoms with Gasteiger partial charge in [-0.2, -0.15) is 0 Å². The second-order valence-corrected chi connectivity index (χ2v) is 4.27. The predicted molar refractivity (Wildman–Crippen MR) is 68.5 cm³/mol. The van der Waals surface area contributed by atoms with E-state index in [4.69, 9.17) is 10.5 Å². The summed E-state index contributed by atoms with van der Waals surface area (Å²) in [5.41, 5.74) is 7.43. The summed E-state index contributed by atoms with van der Waals surface area (Å²) < 4.78 is 5.01. The molecule has 1 atom stereocenters. The first-order valence-corrected chi connectivity index (χ1v) is 6.11. The van der Waals surface area contributed by atoms with Crippen LogP contribution in [0.5, 0.6) is 0 Å². The fraction of sp³-hybridized carbons (Fsp3) is 0.571. The van der Waals surface area contributed by atoms with Crippen LogP contribution in [0, 0.1) is 0 Å². The van der Waals surface area contributed by atoms with Crippen molar-refractivity contribution in [3.05, 3.63) is 35.9 Å². The molecule has 0 aliphatic carbocycles. The quantitative estimate of drug-likeness (QED) is 0.685. The van der Waals surface area contributed by atoms with E-state index in [0.717, 1.165) is 32.3 Å². The van der Waals surface area contributed by atoms with Gasteiger partial charge in [0, 0.05) is 19.8 Å². The fourth-order valence-electron chi connectivity index (χ4n) is 1.85. The number of methoxy groups -OCH3 is 1. The maximum Gasteiger partial charge on any atom is 0.0462 e. The Morgan fingerprint density at radius 1 is 1.12 bits per heavy atom. The average Bonchev–Trinajstić information content (AvgIpc) is 2.31. The summed E-state index contributed by atoms with van der Waals surface area (Å²) in [4.78, 5) is 0. The van der Waals surface area contributed by atoms with Crippen LogP contribution in [0.15, 0.2) is 30.3 Å². The van der Waals surface area contributed by atoms with Crippen molar-refractivity contribution in [2.45, 2.75) is 38.1 Å². The van der Waals surface area contributed by atoms with Crippen LogP contribution in [-0.4, -0.2) is 19.8 Å². The van der Waals surface area contributed by atoms with Crippen LogP contribution in [0.25, 0.3) is 0 Å². The van der Waals surface area contributed by atoms with Gasteiger partial charge in [0.05, 0.1) is 0 Å². The lowest BCUT2D eigenvalue weighted by molar-refractivity contribution is 0.190. The van der Waals surface area contributed by atoms with E-state index >= 15 is 0 Å². The molecule has 2 nitrogen and oxygen atoms in total. The van der Waals surface area contributed by atoms with Crippen molar-refractivity contribution in [2.75, 3.05) is 13.7 Å². The standard InChI is InChI=1S/C14H23NO/c1-16-12-6-11-14(15)10-5-9-13-7-3-2-4-8-13/h2-4,7-8,14H,5-6,9-12,15H2,1H3. The third kappa shape index (κ3) is 5.89. The normalized spacial score (nSPS) is 12.6. The summed E-state index contributed by atoms with van der Waals surface area (Å²) in [5, 5.41) is 0. The first-order chi connectivity index (χ1) is 7.83. The molecule has 0 amide bonds. The molecule has 0 spiro atoms. The molecule has 2 heteroatoms. The SMILES string of the molecule is COCCCC(N)CCCc1ccccc1. The van der Waals surface area contributed by atoms with Gasteiger partial charge in [0.15, 0.2) is 0 Å². The molecule has 0 radical (unpaired) electrons. The Bertz CT molecular complexity index is 261. The number of aryl methyl sites for hydroxylation is 1. The Balaban J connectivity index is 2.06. The van der Waals surface area contributed by atoms with E-state index in [1.807, 2.05) is 0 Å². The van der Waals surface area contributed by atoms with Gasteiger partial charge in [-0.25, -0.2) is 0 Å². The monoisotopic (exact) mass is 221 g/mol. The van der Waals surface area contributed by atoms with Gasteiger partial charge in [-0.05, 0) is 37.7 Å². The number of nitrogens with two attached hydrogens (primary N) is 1. The fourth-order valence-corrected chi connectivity index (χ4v) is 1.85. The van der Waals surface area contributed by atoms with Gasteiger partial charge in [0.2, 0.25) is 0 Å². The van der Waals surface area contributed by atoms with Crippen LogP contribution < -0.4 is 5.73 Å². The minimum Gasteiger partial charge on any atom is -0.385 e. The summed E-state index contributed by atoms with van der Waals surface area (Å²) in [7, 11) is 1.74. The highest BCUT2D eigenvalue weighted by Crippen LogP contribution is 2.08. The van der Waals surface area contributed by atoms with Gasteiger partial charge < -0.3 is 10.5 Å². The van der Waals surface area contributed by atoms with Gasteiger partial charge in [-0.15, -0.1) is 0 Å². The summed E-state index contributed by atoms with van der Waals surface area (Å²) in [6.45, 7) is 0.826. The highest BCUT2D eigenvalue weighted by Gasteiger charge is 2.02. The highest BCUT2D eigenvalue weighted by molar-refractivity contribution is 5.14. The third-order valence-corrected chi connectivity index (χ3v) is 2.81. The molecule has 1 rings (SSSR count). The molecule has 90 valence electrons. The van der Waals surface area contributed by atoms with E-state index in [9.17, 15) is 0 Å². The third-order valence-electron chi connectivity index (χ3n) is 2.81. The maximum absolute atomic E-state index is 6.02. The lowest BCUT2D eigenvalue weighted by Gasteiger charge is -2.10. The Hall–Kier alpha value is -0.860. The molecule has 2 N–H and O–H groups in total. The minimum absolute atomic E-state index is 0.332. The molecular formula is C14H23NO. The first kappa shape index (κ1) is 13.2. The van der Waals surface area contributed by atoms with E-state index in [0.29, 0.717) is 6.04 Å². The first-order valence-electron chi connectivity index (χ1n) is 6.11. The minimum atomic E-state index is 0.332. The van der Waals surface area contributed by atoms with Crippen LogP contribution in [0.2, 0.25) is 0 Å². The number of rotatable bonds is 8. The molecule has 0 fully saturated rings. The van der Waals surface area contributed by atoms with Gasteiger partial charge >= 0.3 is 0 Å². The Labute approximate surface area is 98.8 Å². The second-order valence-electron chi connectivity index (χ2n) is 4.27. The molecule has 1 unspecified atom stereocenters. The van der Waals surface area contributed by atoms with E-state index in [1.54, 1.807) is 7.11 Å². The second kappa shape index (κ2) is 8.31. The summed E-state index contributed by atoms with van der Waals surface area (Å²) in [6.07, 6.45) is 5.57. The Morgan fingerprint density at radius 2 is 1.81 bits per heavy atom. The topological polar surface area (TPSA) is 35.2 Å². The van der Waals surface area contributed by atoms with Crippen molar-refractivity contribution in [3.63, 3.8) is 0 Å². The van der Waals surface area contributed by atoms with Crippen molar-refractivity contribution < 1.29 is 4.74 Å². The lowest BCUT2D eigenvalue weighted by Crippen LogP contribution is -2.20. The lowest BCUT2D eigenvalue weighted by atomic mass is 10.0. The molecule has 0 bridgehead atoms. The van der Waals surface area contributed by atoms with Crippen LogP contribution in [0.1, 0.15) is 31.2 Å². The molecule has 0 aromatic heterocycles. The maximum atomic E-state index is 6.02. The number of hydrogen-bond acceptors (Lipinski definition) is 2. The zero-order valence-corrected chi connectivity index (χ0v) is 10.2.